The first-order chi connectivity index (χ1) is 10.7. The summed E-state index contributed by atoms with van der Waals surface area (Å²) in [7, 11) is 1.70. The number of carbonyl (C=O) groups is 1. The van der Waals surface area contributed by atoms with E-state index < -0.39 is 0 Å². The molecule has 120 valence electrons. The Morgan fingerprint density at radius 1 is 1.41 bits per heavy atom. The molecule has 3 rings (SSSR count). The van der Waals surface area contributed by atoms with Crippen LogP contribution in [0.15, 0.2) is 18.2 Å². The maximum absolute atomic E-state index is 12.3. The number of fused-ring (bicyclic) bond motifs is 1. The monoisotopic (exact) mass is 302 g/mol. The normalized spacial score (nSPS) is 25.0. The SMILES string of the molecule is CO[C@H]1CN[C@H](C(=O)N[C@H](C)Cc2ccc3c(c2)CCC3)C1. The second-order valence-corrected chi connectivity index (χ2v) is 6.62. The second kappa shape index (κ2) is 6.80. The molecular formula is C18H26N2O2. The van der Waals surface area contributed by atoms with Gasteiger partial charge in [-0.2, -0.15) is 0 Å². The third-order valence-electron chi connectivity index (χ3n) is 4.83. The molecule has 0 saturated carbocycles. The minimum Gasteiger partial charge on any atom is -0.380 e. The van der Waals surface area contributed by atoms with Crippen LogP contribution >= 0.6 is 0 Å². The number of hydrogen-bond acceptors (Lipinski definition) is 3. The molecule has 4 nitrogen and oxygen atoms in total. The predicted octanol–water partition coefficient (Wildman–Crippen LogP) is 1.60. The van der Waals surface area contributed by atoms with Crippen molar-refractivity contribution in [3.05, 3.63) is 34.9 Å². The fraction of sp³-hybridized carbons (Fsp3) is 0.611. The van der Waals surface area contributed by atoms with E-state index in [9.17, 15) is 4.79 Å². The van der Waals surface area contributed by atoms with Crippen LogP contribution in [0.1, 0.15) is 36.5 Å². The summed E-state index contributed by atoms with van der Waals surface area (Å²) in [6.07, 6.45) is 5.50. The van der Waals surface area contributed by atoms with Crippen molar-refractivity contribution < 1.29 is 9.53 Å². The Labute approximate surface area is 132 Å². The summed E-state index contributed by atoms with van der Waals surface area (Å²) in [6, 6.07) is 6.82. The standard InChI is InChI=1S/C18H26N2O2/c1-12(20-18(21)17-10-16(22-2)11-19-17)8-13-6-7-14-4-3-5-15(14)9-13/h6-7,9,12,16-17,19H,3-5,8,10-11H2,1-2H3,(H,20,21)/t12-,16-,17+/m1/s1. The van der Waals surface area contributed by atoms with E-state index >= 15 is 0 Å². The number of amides is 1. The molecule has 1 fully saturated rings. The summed E-state index contributed by atoms with van der Waals surface area (Å²) in [5.41, 5.74) is 4.32. The largest absolute Gasteiger partial charge is 0.380 e. The van der Waals surface area contributed by atoms with Crippen LogP contribution < -0.4 is 10.6 Å². The molecule has 1 amide bonds. The summed E-state index contributed by atoms with van der Waals surface area (Å²) >= 11 is 0. The molecule has 2 N–H and O–H groups in total. The van der Waals surface area contributed by atoms with Gasteiger partial charge in [-0.05, 0) is 55.7 Å². The van der Waals surface area contributed by atoms with Crippen molar-refractivity contribution in [2.24, 2.45) is 0 Å². The minimum atomic E-state index is -0.118. The highest BCUT2D eigenvalue weighted by molar-refractivity contribution is 5.82. The number of ether oxygens (including phenoxy) is 1. The third kappa shape index (κ3) is 3.50. The molecule has 4 heteroatoms. The summed E-state index contributed by atoms with van der Waals surface area (Å²) in [5, 5.41) is 6.35. The number of rotatable bonds is 5. The van der Waals surface area contributed by atoms with Crippen LogP contribution in [-0.4, -0.2) is 37.7 Å². The van der Waals surface area contributed by atoms with E-state index in [1.807, 2.05) is 0 Å². The first-order valence-electron chi connectivity index (χ1n) is 8.33. The minimum absolute atomic E-state index is 0.0909. The van der Waals surface area contributed by atoms with Crippen LogP contribution in [-0.2, 0) is 28.8 Å². The molecule has 22 heavy (non-hydrogen) atoms. The molecule has 3 atom stereocenters. The first-order valence-corrected chi connectivity index (χ1v) is 8.33. The fourth-order valence-electron chi connectivity index (χ4n) is 3.58. The molecule has 0 aromatic heterocycles. The summed E-state index contributed by atoms with van der Waals surface area (Å²) in [6.45, 7) is 2.83. The highest BCUT2D eigenvalue weighted by atomic mass is 16.5. The highest BCUT2D eigenvalue weighted by Gasteiger charge is 2.29. The number of benzene rings is 1. The predicted molar refractivity (Wildman–Crippen MR) is 87.0 cm³/mol. The Balaban J connectivity index is 1.52. The van der Waals surface area contributed by atoms with Crippen LogP contribution in [0, 0.1) is 0 Å². The molecule has 2 aliphatic rings. The van der Waals surface area contributed by atoms with Gasteiger partial charge in [0, 0.05) is 19.7 Å². The van der Waals surface area contributed by atoms with Gasteiger partial charge in [-0.15, -0.1) is 0 Å². The molecule has 1 aliphatic carbocycles. The van der Waals surface area contributed by atoms with Crippen molar-refractivity contribution in [1.82, 2.24) is 10.6 Å². The molecule has 1 aromatic carbocycles. The van der Waals surface area contributed by atoms with Gasteiger partial charge in [0.2, 0.25) is 5.91 Å². The maximum Gasteiger partial charge on any atom is 0.237 e. The van der Waals surface area contributed by atoms with Crippen molar-refractivity contribution in [1.29, 1.82) is 0 Å². The molecule has 0 bridgehead atoms. The smallest absolute Gasteiger partial charge is 0.237 e. The second-order valence-electron chi connectivity index (χ2n) is 6.62. The summed E-state index contributed by atoms with van der Waals surface area (Å²) in [5.74, 6) is 0.0909. The van der Waals surface area contributed by atoms with E-state index in [2.05, 4.69) is 35.8 Å². The van der Waals surface area contributed by atoms with Crippen LogP contribution in [0.3, 0.4) is 0 Å². The lowest BCUT2D eigenvalue weighted by Crippen LogP contribution is -2.44. The Bertz CT molecular complexity index is 544. The quantitative estimate of drug-likeness (QED) is 0.868. The van der Waals surface area contributed by atoms with Crippen molar-refractivity contribution >= 4 is 5.91 Å². The number of methoxy groups -OCH3 is 1. The average molecular weight is 302 g/mol. The Hall–Kier alpha value is -1.39. The topological polar surface area (TPSA) is 50.4 Å². The molecule has 1 heterocycles. The molecule has 1 aromatic rings. The Morgan fingerprint density at radius 2 is 2.23 bits per heavy atom. The average Bonchev–Trinajstić information content (AvgIpc) is 3.15. The van der Waals surface area contributed by atoms with Crippen LogP contribution in [0.5, 0.6) is 0 Å². The van der Waals surface area contributed by atoms with Gasteiger partial charge in [-0.25, -0.2) is 0 Å². The van der Waals surface area contributed by atoms with Crippen molar-refractivity contribution in [2.45, 2.75) is 57.2 Å². The molecule has 1 saturated heterocycles. The first kappa shape index (κ1) is 15.5. The fourth-order valence-corrected chi connectivity index (χ4v) is 3.58. The van der Waals surface area contributed by atoms with Gasteiger partial charge in [0.25, 0.3) is 0 Å². The van der Waals surface area contributed by atoms with Gasteiger partial charge in [0.15, 0.2) is 0 Å². The van der Waals surface area contributed by atoms with E-state index in [4.69, 9.17) is 4.74 Å². The van der Waals surface area contributed by atoms with Crippen LogP contribution in [0.25, 0.3) is 0 Å². The lowest BCUT2D eigenvalue weighted by Gasteiger charge is -2.18. The van der Waals surface area contributed by atoms with Crippen LogP contribution in [0.4, 0.5) is 0 Å². The zero-order valence-corrected chi connectivity index (χ0v) is 13.5. The number of aryl methyl sites for hydroxylation is 2. The summed E-state index contributed by atoms with van der Waals surface area (Å²) in [4.78, 5) is 12.3. The van der Waals surface area contributed by atoms with Gasteiger partial charge < -0.3 is 15.4 Å². The highest BCUT2D eigenvalue weighted by Crippen LogP contribution is 2.23. The zero-order valence-electron chi connectivity index (χ0n) is 13.5. The Kier molecular flexibility index (Phi) is 4.79. The van der Waals surface area contributed by atoms with E-state index in [0.717, 1.165) is 19.4 Å². The van der Waals surface area contributed by atoms with Gasteiger partial charge in [0.1, 0.15) is 0 Å². The maximum atomic E-state index is 12.3. The molecule has 0 spiro atoms. The lowest BCUT2D eigenvalue weighted by atomic mass is 10.0. The van der Waals surface area contributed by atoms with E-state index in [-0.39, 0.29) is 24.1 Å². The van der Waals surface area contributed by atoms with Crippen molar-refractivity contribution in [2.75, 3.05) is 13.7 Å². The molecule has 0 unspecified atom stereocenters. The van der Waals surface area contributed by atoms with Gasteiger partial charge in [0.05, 0.1) is 12.1 Å². The number of carbonyl (C=O) groups excluding carboxylic acids is 1. The van der Waals surface area contributed by atoms with E-state index in [1.54, 1.807) is 7.11 Å². The van der Waals surface area contributed by atoms with Crippen molar-refractivity contribution in [3.63, 3.8) is 0 Å². The Morgan fingerprint density at radius 3 is 3.00 bits per heavy atom. The van der Waals surface area contributed by atoms with Crippen molar-refractivity contribution in [3.8, 4) is 0 Å². The zero-order chi connectivity index (χ0) is 15.5. The molecule has 0 radical (unpaired) electrons. The number of hydrogen-bond donors (Lipinski definition) is 2. The lowest BCUT2D eigenvalue weighted by molar-refractivity contribution is -0.123. The molecule has 1 aliphatic heterocycles. The van der Waals surface area contributed by atoms with E-state index in [1.165, 1.54) is 36.0 Å². The van der Waals surface area contributed by atoms with Gasteiger partial charge in [-0.1, -0.05) is 18.2 Å². The third-order valence-corrected chi connectivity index (χ3v) is 4.83. The van der Waals surface area contributed by atoms with Gasteiger partial charge >= 0.3 is 0 Å². The summed E-state index contributed by atoms with van der Waals surface area (Å²) < 4.78 is 5.29. The van der Waals surface area contributed by atoms with Crippen LogP contribution in [0.2, 0.25) is 0 Å². The molecular weight excluding hydrogens is 276 g/mol. The number of nitrogens with one attached hydrogen (secondary N) is 2. The van der Waals surface area contributed by atoms with E-state index in [0.29, 0.717) is 0 Å². The van der Waals surface area contributed by atoms with Gasteiger partial charge in [-0.3, -0.25) is 4.79 Å².